The number of carbonyl (C=O) groups is 2. The first-order valence-electron chi connectivity index (χ1n) is 11.8. The molecule has 11 heteroatoms. The van der Waals surface area contributed by atoms with E-state index >= 15 is 0 Å². The van der Waals surface area contributed by atoms with Crippen LogP contribution in [0.5, 0.6) is 0 Å². The summed E-state index contributed by atoms with van der Waals surface area (Å²) in [6, 6.07) is 0.299. The molecule has 2 unspecified atom stereocenters. The van der Waals surface area contributed by atoms with E-state index in [0.717, 1.165) is 26.1 Å². The Hall–Kier alpha value is -2.33. The third-order valence-electron chi connectivity index (χ3n) is 6.02. The Morgan fingerprint density at radius 3 is 2.03 bits per heavy atom. The van der Waals surface area contributed by atoms with Crippen LogP contribution in [0.15, 0.2) is 22.8 Å². The summed E-state index contributed by atoms with van der Waals surface area (Å²) in [7, 11) is 0. The molecule has 3 heterocycles. The van der Waals surface area contributed by atoms with E-state index in [9.17, 15) is 9.59 Å². The van der Waals surface area contributed by atoms with Crippen LogP contribution >= 0.6 is 11.6 Å². The lowest BCUT2D eigenvalue weighted by Gasteiger charge is -2.40. The van der Waals surface area contributed by atoms with Crippen LogP contribution in [-0.4, -0.2) is 94.3 Å². The van der Waals surface area contributed by atoms with Crippen LogP contribution in [0.4, 0.5) is 9.59 Å². The van der Waals surface area contributed by atoms with Crippen LogP contribution in [0.2, 0.25) is 0 Å². The molecule has 0 aromatic heterocycles. The molecule has 0 aliphatic carbocycles. The second-order valence-corrected chi connectivity index (χ2v) is 11.5. The van der Waals surface area contributed by atoms with Gasteiger partial charge in [0.2, 0.25) is 0 Å². The maximum atomic E-state index is 12.9. The first-order chi connectivity index (χ1) is 15.6. The van der Waals surface area contributed by atoms with Crippen molar-refractivity contribution < 1.29 is 19.1 Å². The molecule has 0 saturated carbocycles. The number of hydrogen-bond acceptors (Lipinski definition) is 8. The van der Waals surface area contributed by atoms with Crippen molar-refractivity contribution in [2.75, 3.05) is 39.3 Å². The third kappa shape index (κ3) is 6.41. The Morgan fingerprint density at radius 2 is 1.50 bits per heavy atom. The number of carbonyl (C=O) groups excluding carboxylic acids is 2. The fourth-order valence-corrected chi connectivity index (χ4v) is 4.70. The van der Waals surface area contributed by atoms with Gasteiger partial charge in [-0.15, -0.1) is 0 Å². The summed E-state index contributed by atoms with van der Waals surface area (Å²) in [6.45, 7) is 15.0. The fraction of sp³-hybridized carbons (Fsp3) is 0.739. The minimum absolute atomic E-state index is 0.0518. The number of fused-ring (bicyclic) bond motifs is 1. The van der Waals surface area contributed by atoms with Gasteiger partial charge < -0.3 is 30.7 Å². The molecule has 10 nitrogen and oxygen atoms in total. The van der Waals surface area contributed by atoms with E-state index < -0.39 is 17.3 Å². The quantitative estimate of drug-likeness (QED) is 0.557. The van der Waals surface area contributed by atoms with E-state index in [0.29, 0.717) is 25.3 Å². The molecule has 0 radical (unpaired) electrons. The van der Waals surface area contributed by atoms with Crippen LogP contribution in [-0.2, 0) is 9.47 Å². The molecule has 34 heavy (non-hydrogen) atoms. The molecule has 4 N–H and O–H groups in total. The highest BCUT2D eigenvalue weighted by Crippen LogP contribution is 2.34. The summed E-state index contributed by atoms with van der Waals surface area (Å²) < 4.78 is 11.1. The monoisotopic (exact) mass is 498 g/mol. The van der Waals surface area contributed by atoms with E-state index in [1.807, 2.05) is 41.5 Å². The zero-order chi connectivity index (χ0) is 25.4. The number of piperazine rings is 1. The van der Waals surface area contributed by atoms with Crippen molar-refractivity contribution in [2.24, 2.45) is 11.5 Å². The molecule has 0 aromatic carbocycles. The van der Waals surface area contributed by atoms with Crippen molar-refractivity contribution >= 4 is 23.8 Å². The average Bonchev–Trinajstić information content (AvgIpc) is 3.11. The van der Waals surface area contributed by atoms with Gasteiger partial charge in [0.1, 0.15) is 22.2 Å². The normalized spacial score (nSPS) is 24.9. The highest BCUT2D eigenvalue weighted by molar-refractivity contribution is 6.29. The Labute approximate surface area is 207 Å². The minimum Gasteiger partial charge on any atom is -0.444 e. The molecule has 2 saturated heterocycles. The lowest BCUT2D eigenvalue weighted by Crippen LogP contribution is -2.53. The Morgan fingerprint density at radius 1 is 0.941 bits per heavy atom. The second-order valence-electron chi connectivity index (χ2n) is 11.1. The van der Waals surface area contributed by atoms with E-state index in [1.54, 1.807) is 11.0 Å². The van der Waals surface area contributed by atoms with Gasteiger partial charge in [0.25, 0.3) is 0 Å². The first-order valence-corrected chi connectivity index (χ1v) is 12.1. The standard InChI is InChI=1S/C23H39ClN6O4/c1-22(2,3)33-20(31)28-9-7-27(8-10-28)15-11-16-14-30(21(32)34-23(4,5)6)19(26)17(12-18(24)25)29(16)13-15/h12,15-16H,7-11,13-14,25-26H2,1-6H3/b18-12-. The van der Waals surface area contributed by atoms with E-state index in [4.69, 9.17) is 32.5 Å². The Balaban J connectivity index is 1.70. The predicted octanol–water partition coefficient (Wildman–Crippen LogP) is 2.40. The van der Waals surface area contributed by atoms with E-state index in [1.165, 1.54) is 4.90 Å². The van der Waals surface area contributed by atoms with E-state index in [2.05, 4.69) is 9.80 Å². The number of allylic oxidation sites excluding steroid dienone is 1. The summed E-state index contributed by atoms with van der Waals surface area (Å²) in [5.74, 6) is 0.282. The van der Waals surface area contributed by atoms with Gasteiger partial charge in [-0.2, -0.15) is 0 Å². The van der Waals surface area contributed by atoms with Gasteiger partial charge in [0.05, 0.1) is 12.2 Å². The number of rotatable bonds is 2. The lowest BCUT2D eigenvalue weighted by atomic mass is 10.1. The third-order valence-corrected chi connectivity index (χ3v) is 6.13. The largest absolute Gasteiger partial charge is 0.444 e. The number of amides is 2. The number of nitrogens with two attached hydrogens (primary N) is 2. The molecule has 3 aliphatic heterocycles. The summed E-state index contributed by atoms with van der Waals surface area (Å²) >= 11 is 6.01. The number of ether oxygens (including phenoxy) is 2. The minimum atomic E-state index is -0.637. The van der Waals surface area contributed by atoms with E-state index in [-0.39, 0.29) is 29.2 Å². The summed E-state index contributed by atoms with van der Waals surface area (Å²) in [4.78, 5) is 33.1. The molecule has 192 valence electrons. The van der Waals surface area contributed by atoms with Gasteiger partial charge in [-0.3, -0.25) is 9.80 Å². The van der Waals surface area contributed by atoms with Crippen LogP contribution in [0, 0.1) is 0 Å². The number of hydrogen-bond donors (Lipinski definition) is 2. The van der Waals surface area contributed by atoms with Crippen molar-refractivity contribution in [2.45, 2.75) is 71.2 Å². The van der Waals surface area contributed by atoms with Crippen molar-refractivity contribution in [3.63, 3.8) is 0 Å². The first kappa shape index (κ1) is 26.3. The highest BCUT2D eigenvalue weighted by Gasteiger charge is 2.44. The molecule has 2 fully saturated rings. The zero-order valence-electron chi connectivity index (χ0n) is 21.1. The van der Waals surface area contributed by atoms with Gasteiger partial charge in [-0.1, -0.05) is 11.6 Å². The average molecular weight is 499 g/mol. The molecule has 2 amide bonds. The molecule has 0 spiro atoms. The lowest BCUT2D eigenvalue weighted by molar-refractivity contribution is 0.0108. The van der Waals surface area contributed by atoms with Crippen molar-refractivity contribution in [1.29, 1.82) is 0 Å². The summed E-state index contributed by atoms with van der Waals surface area (Å²) in [5.41, 5.74) is 11.7. The van der Waals surface area contributed by atoms with Gasteiger partial charge in [0, 0.05) is 44.8 Å². The fourth-order valence-electron chi connectivity index (χ4n) is 4.59. The molecule has 3 rings (SSSR count). The molecule has 3 aliphatic rings. The topological polar surface area (TPSA) is 118 Å². The van der Waals surface area contributed by atoms with Gasteiger partial charge >= 0.3 is 12.2 Å². The second kappa shape index (κ2) is 9.73. The van der Waals surface area contributed by atoms with Crippen molar-refractivity contribution in [1.82, 2.24) is 19.6 Å². The van der Waals surface area contributed by atoms with Crippen LogP contribution < -0.4 is 11.5 Å². The van der Waals surface area contributed by atoms with Crippen molar-refractivity contribution in [3.05, 3.63) is 22.8 Å². The summed E-state index contributed by atoms with van der Waals surface area (Å²) in [6.07, 6.45) is 1.68. The summed E-state index contributed by atoms with van der Waals surface area (Å²) in [5, 5.41) is 0.0946. The van der Waals surface area contributed by atoms with Crippen LogP contribution in [0.3, 0.4) is 0 Å². The Kier molecular flexibility index (Phi) is 7.52. The van der Waals surface area contributed by atoms with Crippen LogP contribution in [0.1, 0.15) is 48.0 Å². The van der Waals surface area contributed by atoms with Gasteiger partial charge in [-0.05, 0) is 54.0 Å². The van der Waals surface area contributed by atoms with Gasteiger partial charge in [0.15, 0.2) is 0 Å². The molecular weight excluding hydrogens is 460 g/mol. The van der Waals surface area contributed by atoms with Crippen LogP contribution in [0.25, 0.3) is 0 Å². The maximum absolute atomic E-state index is 12.9. The predicted molar refractivity (Wildman–Crippen MR) is 131 cm³/mol. The van der Waals surface area contributed by atoms with Crippen molar-refractivity contribution in [3.8, 4) is 0 Å². The molecule has 0 aromatic rings. The highest BCUT2D eigenvalue weighted by atomic mass is 35.5. The molecule has 2 atom stereocenters. The zero-order valence-corrected chi connectivity index (χ0v) is 21.9. The molecule has 0 bridgehead atoms. The SMILES string of the molecule is CC(C)(C)OC(=O)N1CCN(C2CC3CN(C(=O)OC(C)(C)C)C(N)=C(/C=C(\N)Cl)N3C2)CC1. The Bertz CT molecular complexity index is 851. The van der Waals surface area contributed by atoms with Gasteiger partial charge in [-0.25, -0.2) is 9.59 Å². The smallest absolute Gasteiger partial charge is 0.416 e. The number of halogens is 1. The molecular formula is C23H39ClN6O4. The number of nitrogens with zero attached hydrogens (tertiary/aromatic N) is 4. The maximum Gasteiger partial charge on any atom is 0.416 e.